The number of ether oxygens (including phenoxy) is 2. The summed E-state index contributed by atoms with van der Waals surface area (Å²) in [6.45, 7) is 5.46. The standard InChI is InChI=1S/C14H22N2O4S/c1-10-7-12(19-3)13(20-4)8-14(10)21(17,18)16-6-5-15-9-11(16)2/h7-8,11,15H,5-6,9H2,1-4H3. The molecule has 6 nitrogen and oxygen atoms in total. The van der Waals surface area contributed by atoms with Gasteiger partial charge in [-0.1, -0.05) is 0 Å². The summed E-state index contributed by atoms with van der Waals surface area (Å²) in [6.07, 6.45) is 0. The van der Waals surface area contributed by atoms with Crippen LogP contribution in [0, 0.1) is 6.92 Å². The van der Waals surface area contributed by atoms with Gasteiger partial charge in [-0.2, -0.15) is 4.31 Å². The summed E-state index contributed by atoms with van der Waals surface area (Å²) in [5, 5.41) is 3.19. The van der Waals surface area contributed by atoms with Gasteiger partial charge < -0.3 is 14.8 Å². The Kier molecular flexibility index (Phi) is 4.75. The summed E-state index contributed by atoms with van der Waals surface area (Å²) in [5.74, 6) is 0.951. The Labute approximate surface area is 126 Å². The van der Waals surface area contributed by atoms with Crippen molar-refractivity contribution in [1.82, 2.24) is 9.62 Å². The Balaban J connectivity index is 2.49. The van der Waals surface area contributed by atoms with E-state index < -0.39 is 10.0 Å². The zero-order valence-corrected chi connectivity index (χ0v) is 13.7. The molecule has 0 spiro atoms. The zero-order chi connectivity index (χ0) is 15.6. The molecule has 1 fully saturated rings. The molecule has 1 aliphatic heterocycles. The van der Waals surface area contributed by atoms with Crippen LogP contribution in [0.1, 0.15) is 12.5 Å². The van der Waals surface area contributed by atoms with Gasteiger partial charge in [-0.25, -0.2) is 8.42 Å². The van der Waals surface area contributed by atoms with Crippen LogP contribution in [0.5, 0.6) is 11.5 Å². The van der Waals surface area contributed by atoms with Gasteiger partial charge in [0.1, 0.15) is 0 Å². The largest absolute Gasteiger partial charge is 0.493 e. The molecule has 1 unspecified atom stereocenters. The van der Waals surface area contributed by atoms with Crippen LogP contribution in [-0.4, -0.2) is 52.6 Å². The summed E-state index contributed by atoms with van der Waals surface area (Å²) in [4.78, 5) is 0.272. The summed E-state index contributed by atoms with van der Waals surface area (Å²) in [7, 11) is -0.513. The van der Waals surface area contributed by atoms with Crippen LogP contribution in [-0.2, 0) is 10.0 Å². The maximum absolute atomic E-state index is 12.9. The van der Waals surface area contributed by atoms with E-state index in [9.17, 15) is 8.42 Å². The average Bonchev–Trinajstić information content (AvgIpc) is 2.46. The fourth-order valence-electron chi connectivity index (χ4n) is 2.55. The van der Waals surface area contributed by atoms with E-state index in [2.05, 4.69) is 5.32 Å². The normalized spacial score (nSPS) is 20.3. The first-order valence-corrected chi connectivity index (χ1v) is 8.31. The SMILES string of the molecule is COc1cc(C)c(S(=O)(=O)N2CCNCC2C)cc1OC. The molecule has 0 radical (unpaired) electrons. The van der Waals surface area contributed by atoms with Crippen LogP contribution < -0.4 is 14.8 Å². The molecule has 1 aromatic rings. The third kappa shape index (κ3) is 3.00. The van der Waals surface area contributed by atoms with Crippen LogP contribution in [0.3, 0.4) is 0 Å². The molecule has 1 aliphatic rings. The second-order valence-electron chi connectivity index (χ2n) is 5.14. The number of nitrogens with one attached hydrogen (secondary N) is 1. The topological polar surface area (TPSA) is 67.9 Å². The summed E-state index contributed by atoms with van der Waals surface area (Å²) in [6, 6.07) is 3.16. The summed E-state index contributed by atoms with van der Waals surface area (Å²) >= 11 is 0. The Morgan fingerprint density at radius 3 is 2.43 bits per heavy atom. The molecule has 0 amide bonds. The Hall–Kier alpha value is -1.31. The number of aryl methyl sites for hydroxylation is 1. The van der Waals surface area contributed by atoms with Crippen molar-refractivity contribution in [2.75, 3.05) is 33.9 Å². The molecule has 1 aromatic carbocycles. The predicted molar refractivity (Wildman–Crippen MR) is 80.5 cm³/mol. The molecule has 0 saturated carbocycles. The maximum Gasteiger partial charge on any atom is 0.243 e. The third-order valence-electron chi connectivity index (χ3n) is 3.71. The van der Waals surface area contributed by atoms with Crippen LogP contribution in [0.2, 0.25) is 0 Å². The lowest BCUT2D eigenvalue weighted by atomic mass is 10.2. The van der Waals surface area contributed by atoms with Gasteiger partial charge in [0.15, 0.2) is 11.5 Å². The second kappa shape index (κ2) is 6.21. The van der Waals surface area contributed by atoms with Crippen LogP contribution in [0.15, 0.2) is 17.0 Å². The molecule has 0 bridgehead atoms. The predicted octanol–water partition coefficient (Wildman–Crippen LogP) is 0.995. The van der Waals surface area contributed by atoms with E-state index in [1.807, 2.05) is 6.92 Å². The van der Waals surface area contributed by atoms with Gasteiger partial charge >= 0.3 is 0 Å². The number of methoxy groups -OCH3 is 2. The van der Waals surface area contributed by atoms with Gasteiger partial charge in [-0.3, -0.25) is 0 Å². The highest BCUT2D eigenvalue weighted by atomic mass is 32.2. The molecular weight excluding hydrogens is 292 g/mol. The lowest BCUT2D eigenvalue weighted by Crippen LogP contribution is -2.52. The van der Waals surface area contributed by atoms with E-state index in [0.717, 1.165) is 0 Å². The summed E-state index contributed by atoms with van der Waals surface area (Å²) < 4.78 is 37.7. The molecule has 1 atom stereocenters. The Bertz CT molecular complexity index is 616. The monoisotopic (exact) mass is 314 g/mol. The van der Waals surface area contributed by atoms with Gasteiger partial charge in [0.05, 0.1) is 19.1 Å². The molecule has 7 heteroatoms. The molecule has 0 aromatic heterocycles. The van der Waals surface area contributed by atoms with Crippen molar-refractivity contribution in [1.29, 1.82) is 0 Å². The van der Waals surface area contributed by atoms with Crippen molar-refractivity contribution < 1.29 is 17.9 Å². The minimum absolute atomic E-state index is 0.0729. The second-order valence-corrected chi connectivity index (χ2v) is 7.00. The van der Waals surface area contributed by atoms with Gasteiger partial charge in [-0.05, 0) is 25.5 Å². The van der Waals surface area contributed by atoms with Crippen LogP contribution in [0.25, 0.3) is 0 Å². The Morgan fingerprint density at radius 1 is 1.24 bits per heavy atom. The van der Waals surface area contributed by atoms with Crippen molar-refractivity contribution in [2.45, 2.75) is 24.8 Å². The third-order valence-corrected chi connectivity index (χ3v) is 5.86. The first kappa shape index (κ1) is 16.1. The first-order valence-electron chi connectivity index (χ1n) is 6.87. The zero-order valence-electron chi connectivity index (χ0n) is 12.8. The van der Waals surface area contributed by atoms with E-state index in [1.54, 1.807) is 13.0 Å². The van der Waals surface area contributed by atoms with Gasteiger partial charge in [0, 0.05) is 31.7 Å². The lowest BCUT2D eigenvalue weighted by Gasteiger charge is -2.33. The number of rotatable bonds is 4. The number of hydrogen-bond acceptors (Lipinski definition) is 5. The molecule has 0 aliphatic carbocycles. The number of piperazine rings is 1. The molecule has 1 N–H and O–H groups in total. The smallest absolute Gasteiger partial charge is 0.243 e. The van der Waals surface area contributed by atoms with E-state index in [4.69, 9.17) is 9.47 Å². The van der Waals surface area contributed by atoms with Gasteiger partial charge in [0.2, 0.25) is 10.0 Å². The van der Waals surface area contributed by atoms with Crippen molar-refractivity contribution in [3.8, 4) is 11.5 Å². The molecule has 21 heavy (non-hydrogen) atoms. The minimum atomic E-state index is -3.54. The van der Waals surface area contributed by atoms with E-state index in [-0.39, 0.29) is 10.9 Å². The fourth-order valence-corrected chi connectivity index (χ4v) is 4.40. The minimum Gasteiger partial charge on any atom is -0.493 e. The Morgan fingerprint density at radius 2 is 1.86 bits per heavy atom. The number of sulfonamides is 1. The molecule has 1 saturated heterocycles. The molecule has 118 valence electrons. The van der Waals surface area contributed by atoms with E-state index in [0.29, 0.717) is 36.7 Å². The maximum atomic E-state index is 12.9. The quantitative estimate of drug-likeness (QED) is 0.898. The number of benzene rings is 1. The fraction of sp³-hybridized carbons (Fsp3) is 0.571. The molecule has 2 rings (SSSR count). The first-order chi connectivity index (χ1) is 9.91. The van der Waals surface area contributed by atoms with Crippen molar-refractivity contribution in [3.63, 3.8) is 0 Å². The average molecular weight is 314 g/mol. The van der Waals surface area contributed by atoms with E-state index in [1.165, 1.54) is 24.6 Å². The molecule has 1 heterocycles. The number of hydrogen-bond donors (Lipinski definition) is 1. The highest BCUT2D eigenvalue weighted by Gasteiger charge is 2.32. The van der Waals surface area contributed by atoms with E-state index >= 15 is 0 Å². The van der Waals surface area contributed by atoms with Crippen molar-refractivity contribution >= 4 is 10.0 Å². The number of nitrogens with zero attached hydrogens (tertiary/aromatic N) is 1. The van der Waals surface area contributed by atoms with Crippen LogP contribution >= 0.6 is 0 Å². The lowest BCUT2D eigenvalue weighted by molar-refractivity contribution is 0.283. The van der Waals surface area contributed by atoms with Gasteiger partial charge in [0.25, 0.3) is 0 Å². The molecular formula is C14H22N2O4S. The van der Waals surface area contributed by atoms with Gasteiger partial charge in [-0.15, -0.1) is 0 Å². The van der Waals surface area contributed by atoms with Crippen molar-refractivity contribution in [3.05, 3.63) is 17.7 Å². The summed E-state index contributed by atoms with van der Waals surface area (Å²) in [5.41, 5.74) is 0.651. The highest BCUT2D eigenvalue weighted by molar-refractivity contribution is 7.89. The van der Waals surface area contributed by atoms with Crippen molar-refractivity contribution in [2.24, 2.45) is 0 Å². The highest BCUT2D eigenvalue weighted by Crippen LogP contribution is 2.34. The van der Waals surface area contributed by atoms with Crippen LogP contribution in [0.4, 0.5) is 0 Å².